The number of allylic oxidation sites excluding steroid dienone is 5. The maximum absolute atomic E-state index is 8.12. The first-order chi connectivity index (χ1) is 5.24. The van der Waals surface area contributed by atoms with Crippen LogP contribution in [0.4, 0.5) is 0 Å². The Labute approximate surface area is 65.4 Å². The van der Waals surface area contributed by atoms with Gasteiger partial charge >= 0.3 is 0 Å². The highest BCUT2D eigenvalue weighted by Gasteiger charge is 1.99. The number of rotatable bonds is 1. The van der Waals surface area contributed by atoms with Crippen LogP contribution in [0.25, 0.3) is 10.4 Å². The van der Waals surface area contributed by atoms with Crippen LogP contribution in [0.3, 0.4) is 0 Å². The molecule has 0 saturated carbocycles. The average Bonchev–Trinajstić information content (AvgIpc) is 2.37. The third kappa shape index (κ3) is 1.72. The smallest absolute Gasteiger partial charge is 0.0381 e. The van der Waals surface area contributed by atoms with Crippen molar-refractivity contribution in [2.75, 3.05) is 0 Å². The first-order valence-corrected chi connectivity index (χ1v) is 3.36. The maximum Gasteiger partial charge on any atom is 0.0381 e. The molecule has 1 aliphatic rings. The Morgan fingerprint density at radius 3 is 2.64 bits per heavy atom. The van der Waals surface area contributed by atoms with E-state index in [9.17, 15) is 0 Å². The molecule has 0 unspecified atom stereocenters. The van der Waals surface area contributed by atoms with E-state index >= 15 is 0 Å². The van der Waals surface area contributed by atoms with E-state index in [1.165, 1.54) is 5.57 Å². The average molecular weight is 147 g/mol. The van der Waals surface area contributed by atoms with Crippen molar-refractivity contribution in [3.63, 3.8) is 0 Å². The van der Waals surface area contributed by atoms with Crippen molar-refractivity contribution >= 4 is 0 Å². The zero-order chi connectivity index (χ0) is 8.27. The van der Waals surface area contributed by atoms with Gasteiger partial charge in [-0.25, -0.2) is 0 Å². The Kier molecular flexibility index (Phi) is 2.14. The van der Waals surface area contributed by atoms with Gasteiger partial charge in [-0.15, -0.1) is 0 Å². The molecule has 0 aromatic heterocycles. The molecule has 3 nitrogen and oxygen atoms in total. The monoisotopic (exact) mass is 147 g/mol. The molecule has 0 spiro atoms. The van der Waals surface area contributed by atoms with Gasteiger partial charge in [0.15, 0.2) is 0 Å². The molecule has 0 radical (unpaired) electrons. The number of hydrogen-bond donors (Lipinski definition) is 0. The Morgan fingerprint density at radius 2 is 2.18 bits per heavy atom. The van der Waals surface area contributed by atoms with Gasteiger partial charge in [0.2, 0.25) is 0 Å². The van der Waals surface area contributed by atoms with E-state index < -0.39 is 0 Å². The van der Waals surface area contributed by atoms with E-state index in [1.54, 1.807) is 0 Å². The summed E-state index contributed by atoms with van der Waals surface area (Å²) in [4.78, 5) is 2.69. The molecular weight excluding hydrogens is 138 g/mol. The summed E-state index contributed by atoms with van der Waals surface area (Å²) >= 11 is 0. The lowest BCUT2D eigenvalue weighted by molar-refractivity contribution is 1.34. The van der Waals surface area contributed by atoms with E-state index in [0.29, 0.717) is 5.70 Å². The van der Waals surface area contributed by atoms with Crippen LogP contribution in [-0.2, 0) is 0 Å². The topological polar surface area (TPSA) is 48.8 Å². The van der Waals surface area contributed by atoms with E-state index in [4.69, 9.17) is 5.53 Å². The summed E-state index contributed by atoms with van der Waals surface area (Å²) in [5, 5.41) is 3.48. The Balaban J connectivity index is 2.96. The highest BCUT2D eigenvalue weighted by Crippen LogP contribution is 2.18. The molecule has 0 aliphatic heterocycles. The van der Waals surface area contributed by atoms with Gasteiger partial charge in [0, 0.05) is 10.6 Å². The van der Waals surface area contributed by atoms with Gasteiger partial charge in [0.25, 0.3) is 0 Å². The lowest BCUT2D eigenvalue weighted by atomic mass is 10.2. The van der Waals surface area contributed by atoms with Gasteiger partial charge in [-0.1, -0.05) is 22.8 Å². The van der Waals surface area contributed by atoms with Crippen LogP contribution in [0.5, 0.6) is 0 Å². The molecule has 0 saturated heterocycles. The summed E-state index contributed by atoms with van der Waals surface area (Å²) in [5.41, 5.74) is 11.2. The second kappa shape index (κ2) is 3.08. The standard InChI is InChI=1S/C8H9N3/c1-6(2)7-3-4-8(5-7)10-11-9/h3-5H,1-2H3. The van der Waals surface area contributed by atoms with E-state index in [0.717, 1.165) is 5.57 Å². The van der Waals surface area contributed by atoms with E-state index in [-0.39, 0.29) is 0 Å². The summed E-state index contributed by atoms with van der Waals surface area (Å²) < 4.78 is 0. The molecule has 0 bridgehead atoms. The fourth-order valence-corrected chi connectivity index (χ4v) is 0.856. The number of hydrogen-bond acceptors (Lipinski definition) is 1. The minimum Gasteiger partial charge on any atom is -0.0692 e. The molecule has 56 valence electrons. The lowest BCUT2D eigenvalue weighted by Gasteiger charge is -1.90. The maximum atomic E-state index is 8.12. The molecule has 11 heavy (non-hydrogen) atoms. The second-order valence-electron chi connectivity index (χ2n) is 2.55. The van der Waals surface area contributed by atoms with Gasteiger partial charge in [-0.2, -0.15) is 0 Å². The molecule has 1 rings (SSSR count). The van der Waals surface area contributed by atoms with Crippen LogP contribution in [0, 0.1) is 0 Å². The quantitative estimate of drug-likeness (QED) is 0.311. The molecule has 0 atom stereocenters. The van der Waals surface area contributed by atoms with Crippen molar-refractivity contribution in [1.29, 1.82) is 0 Å². The minimum atomic E-state index is 0.684. The molecule has 0 aromatic rings. The molecule has 0 amide bonds. The molecule has 0 heterocycles. The fourth-order valence-electron chi connectivity index (χ4n) is 0.856. The zero-order valence-electron chi connectivity index (χ0n) is 6.57. The molecular formula is C8H9N3. The Hall–Kier alpha value is -1.47. The van der Waals surface area contributed by atoms with Crippen LogP contribution in [-0.4, -0.2) is 0 Å². The third-order valence-corrected chi connectivity index (χ3v) is 1.47. The van der Waals surface area contributed by atoms with Crippen LogP contribution in [0.15, 0.2) is 40.2 Å². The van der Waals surface area contributed by atoms with Crippen molar-refractivity contribution in [2.45, 2.75) is 13.8 Å². The largest absolute Gasteiger partial charge is 0.0692 e. The van der Waals surface area contributed by atoms with Crippen LogP contribution < -0.4 is 0 Å². The molecule has 1 aliphatic carbocycles. The zero-order valence-corrected chi connectivity index (χ0v) is 6.57. The Morgan fingerprint density at radius 1 is 1.45 bits per heavy atom. The lowest BCUT2D eigenvalue weighted by Crippen LogP contribution is -1.71. The van der Waals surface area contributed by atoms with Crippen molar-refractivity contribution in [3.05, 3.63) is 45.5 Å². The normalized spacial score (nSPS) is 14.4. The SMILES string of the molecule is CC(C)=C1C=CC(N=[N+]=[N-])=C1. The molecule has 3 heteroatoms. The van der Waals surface area contributed by atoms with Crippen molar-refractivity contribution in [1.82, 2.24) is 0 Å². The highest BCUT2D eigenvalue weighted by atomic mass is 15.1. The van der Waals surface area contributed by atoms with Gasteiger partial charge in [-0.3, -0.25) is 0 Å². The van der Waals surface area contributed by atoms with Crippen LogP contribution >= 0.6 is 0 Å². The predicted octanol–water partition coefficient (Wildman–Crippen LogP) is 3.09. The first kappa shape index (κ1) is 7.63. The molecule has 0 aromatic carbocycles. The summed E-state index contributed by atoms with van der Waals surface area (Å²) in [6.07, 6.45) is 5.62. The first-order valence-electron chi connectivity index (χ1n) is 3.36. The second-order valence-corrected chi connectivity index (χ2v) is 2.55. The summed E-state index contributed by atoms with van der Waals surface area (Å²) in [5.74, 6) is 0. The van der Waals surface area contributed by atoms with Crippen molar-refractivity contribution in [2.24, 2.45) is 5.11 Å². The number of azide groups is 1. The summed E-state index contributed by atoms with van der Waals surface area (Å²) in [7, 11) is 0. The van der Waals surface area contributed by atoms with Crippen LogP contribution in [0.1, 0.15) is 13.8 Å². The molecule has 0 fully saturated rings. The van der Waals surface area contributed by atoms with Crippen LogP contribution in [0.2, 0.25) is 0 Å². The van der Waals surface area contributed by atoms with Gasteiger partial charge < -0.3 is 0 Å². The number of nitrogens with zero attached hydrogens (tertiary/aromatic N) is 3. The predicted molar refractivity (Wildman–Crippen MR) is 44.7 cm³/mol. The van der Waals surface area contributed by atoms with E-state index in [1.807, 2.05) is 32.1 Å². The van der Waals surface area contributed by atoms with E-state index in [2.05, 4.69) is 10.0 Å². The minimum absolute atomic E-state index is 0.684. The van der Waals surface area contributed by atoms with Gasteiger partial charge in [-0.05, 0) is 31.0 Å². The van der Waals surface area contributed by atoms with Crippen molar-refractivity contribution in [3.8, 4) is 0 Å². The van der Waals surface area contributed by atoms with Gasteiger partial charge in [0.1, 0.15) is 0 Å². The fraction of sp³-hybridized carbons (Fsp3) is 0.250. The summed E-state index contributed by atoms with van der Waals surface area (Å²) in [6, 6.07) is 0. The summed E-state index contributed by atoms with van der Waals surface area (Å²) in [6.45, 7) is 4.05. The molecule has 0 N–H and O–H groups in total. The Bertz CT molecular complexity index is 297. The van der Waals surface area contributed by atoms with Gasteiger partial charge in [0.05, 0.1) is 0 Å². The van der Waals surface area contributed by atoms with Crippen molar-refractivity contribution < 1.29 is 0 Å². The third-order valence-electron chi connectivity index (χ3n) is 1.47. The highest BCUT2D eigenvalue weighted by molar-refractivity contribution is 5.47.